The number of phenols is 8. The van der Waals surface area contributed by atoms with Crippen molar-refractivity contribution in [3.8, 4) is 292 Å². The Morgan fingerprint density at radius 2 is 0.253 bits per heavy atom. The van der Waals surface area contributed by atoms with E-state index in [1.807, 2.05) is 52.0 Å². The molecule has 718 valence electrons. The predicted molar refractivity (Wildman–Crippen MR) is 605 cm³/mol. The van der Waals surface area contributed by atoms with Gasteiger partial charge in [-0.2, -0.15) is 0 Å². The Kier molecular flexibility index (Phi) is 25.0. The van der Waals surface area contributed by atoms with Gasteiger partial charge in [-0.25, -0.2) is 9.97 Å². The van der Waals surface area contributed by atoms with E-state index in [0.29, 0.717) is 22.3 Å². The van der Waals surface area contributed by atoms with Gasteiger partial charge in [0, 0.05) is 105 Å². The Labute approximate surface area is 868 Å². The van der Waals surface area contributed by atoms with Crippen molar-refractivity contribution in [3.05, 3.63) is 484 Å². The molecule has 0 aliphatic carbocycles. The monoisotopic (exact) mass is 1940 g/mol. The lowest BCUT2D eigenvalue weighted by molar-refractivity contribution is 0.450. The Balaban J connectivity index is 0.559. The number of hydrogen-bond donors (Lipinski definition) is 8. The molecule has 0 spiro atoms. The molecule has 0 atom stereocenters. The second kappa shape index (κ2) is 40.0. The van der Waals surface area contributed by atoms with Crippen LogP contribution in [0.25, 0.3) is 246 Å². The van der Waals surface area contributed by atoms with E-state index >= 15 is 0 Å². The minimum Gasteiger partial charge on any atom is -0.508 e. The van der Waals surface area contributed by atoms with Gasteiger partial charge in [-0.3, -0.25) is 19.9 Å². The summed E-state index contributed by atoms with van der Waals surface area (Å²) in [5, 5.41) is 82.8. The zero-order chi connectivity index (χ0) is 102. The van der Waals surface area contributed by atoms with Gasteiger partial charge >= 0.3 is 0 Å². The highest BCUT2D eigenvalue weighted by molar-refractivity contribution is 5.99. The third-order valence-corrected chi connectivity index (χ3v) is 28.2. The molecule has 0 aliphatic rings. The summed E-state index contributed by atoms with van der Waals surface area (Å²) >= 11 is 0. The van der Waals surface area contributed by atoms with Crippen LogP contribution in [0.4, 0.5) is 0 Å². The second-order valence-corrected chi connectivity index (χ2v) is 38.1. The van der Waals surface area contributed by atoms with Crippen molar-refractivity contribution in [2.24, 2.45) is 0 Å². The van der Waals surface area contributed by atoms with Gasteiger partial charge in [0.25, 0.3) is 0 Å². The molecule has 0 amide bonds. The summed E-state index contributed by atoms with van der Waals surface area (Å²) in [5.41, 5.74) is 45.1. The van der Waals surface area contributed by atoms with Gasteiger partial charge in [0.05, 0.1) is 34.2 Å². The largest absolute Gasteiger partial charge is 0.508 e. The van der Waals surface area contributed by atoms with Crippen LogP contribution >= 0.6 is 0 Å². The summed E-state index contributed by atoms with van der Waals surface area (Å²) in [6.45, 7) is 8.03. The number of hydrogen-bond acceptors (Lipinski definition) is 14. The quantitative estimate of drug-likeness (QED) is 0.0315. The highest BCUT2D eigenvalue weighted by Gasteiger charge is 2.24. The fourth-order valence-electron chi connectivity index (χ4n) is 20.8. The van der Waals surface area contributed by atoms with Gasteiger partial charge in [0.15, 0.2) is 0 Å². The molecule has 14 nitrogen and oxygen atoms in total. The summed E-state index contributed by atoms with van der Waals surface area (Å²) < 4.78 is 0. The molecule has 0 radical (unpaired) electrons. The van der Waals surface area contributed by atoms with Crippen LogP contribution in [0.15, 0.2) is 462 Å². The summed E-state index contributed by atoms with van der Waals surface area (Å²) in [4.78, 5) is 29.4. The number of aryl methyl sites for hydroxylation is 4. The van der Waals surface area contributed by atoms with E-state index in [4.69, 9.17) is 29.9 Å². The van der Waals surface area contributed by atoms with Crippen molar-refractivity contribution in [2.75, 3.05) is 0 Å². The van der Waals surface area contributed by atoms with Crippen LogP contribution in [0.1, 0.15) is 22.3 Å². The number of nitrogens with zero attached hydrogens (tertiary/aromatic N) is 6. The molecule has 0 saturated heterocycles. The van der Waals surface area contributed by atoms with E-state index in [9.17, 15) is 40.9 Å². The lowest BCUT2D eigenvalue weighted by Gasteiger charge is -2.18. The van der Waals surface area contributed by atoms with Gasteiger partial charge in [0.1, 0.15) is 52.3 Å². The van der Waals surface area contributed by atoms with Crippen molar-refractivity contribution < 1.29 is 40.9 Å². The minimum atomic E-state index is -0.0224. The van der Waals surface area contributed by atoms with E-state index in [2.05, 4.69) is 334 Å². The highest BCUT2D eigenvalue weighted by atomic mass is 16.3. The van der Waals surface area contributed by atoms with Crippen LogP contribution < -0.4 is 0 Å². The van der Waals surface area contributed by atoms with Crippen molar-refractivity contribution in [2.45, 2.75) is 27.7 Å². The molecule has 5 heterocycles. The average Bonchev–Trinajstić information content (AvgIpc) is 0.760. The maximum absolute atomic E-state index is 10.4. The number of aromatic nitrogens is 6. The summed E-state index contributed by atoms with van der Waals surface area (Å²) in [6.07, 6.45) is 8.81. The van der Waals surface area contributed by atoms with Crippen LogP contribution in [0.2, 0.25) is 0 Å². The van der Waals surface area contributed by atoms with Crippen molar-refractivity contribution >= 4 is 0 Å². The predicted octanol–water partition coefficient (Wildman–Crippen LogP) is 33.6. The topological polar surface area (TPSA) is 239 Å². The number of benzene rings is 18. The Morgan fingerprint density at radius 3 is 0.407 bits per heavy atom. The number of aromatic hydroxyl groups is 8. The minimum absolute atomic E-state index is 0.0224. The average molecular weight is 1940 g/mol. The van der Waals surface area contributed by atoms with E-state index in [-0.39, 0.29) is 46.0 Å². The number of rotatable bonds is 22. The first kappa shape index (κ1) is 93.7. The van der Waals surface area contributed by atoms with E-state index < -0.39 is 0 Å². The first-order valence-electron chi connectivity index (χ1n) is 49.5. The third-order valence-electron chi connectivity index (χ3n) is 28.2. The molecule has 5 aromatic heterocycles. The molecule has 0 bridgehead atoms. The fourth-order valence-corrected chi connectivity index (χ4v) is 20.8. The molecule has 0 aliphatic heterocycles. The first-order chi connectivity index (χ1) is 73.2. The molecule has 18 aromatic carbocycles. The maximum Gasteiger partial charge on any atom is 0.119 e. The molecule has 0 fully saturated rings. The van der Waals surface area contributed by atoms with Crippen LogP contribution in [-0.2, 0) is 0 Å². The molecule has 0 saturated carbocycles. The van der Waals surface area contributed by atoms with Gasteiger partial charge in [-0.1, -0.05) is 291 Å². The lowest BCUT2D eigenvalue weighted by atomic mass is 9.86. The second-order valence-electron chi connectivity index (χ2n) is 38.1. The molecular formula is C136H96N6O8. The Bertz CT molecular complexity index is 8170. The Morgan fingerprint density at radius 1 is 0.120 bits per heavy atom. The van der Waals surface area contributed by atoms with Crippen molar-refractivity contribution in [3.63, 3.8) is 0 Å². The maximum atomic E-state index is 10.4. The smallest absolute Gasteiger partial charge is 0.119 e. The summed E-state index contributed by atoms with van der Waals surface area (Å²) in [5.74, 6) is -0.180. The summed E-state index contributed by atoms with van der Waals surface area (Å²) in [7, 11) is 0. The standard InChI is InChI=1S/C136H96N6O8/c1-81-53-131(137-76-127(81)103-63-107(143)71-108(144)64-103)91-41-29-85(30-42-91)115-17-5-11-23-121(115)97-57-98(122-24-12-6-18-116(122)86-31-43-92(44-32-86)132-54-82(2)128(77-138-132)104-65-109(145)72-110(146)66-104)60-101(59-97)125-27-15-9-21-119(125)89-37-49-95(50-38-89)135-75-136(142-80-141-135)96-51-39-90(40-52-96)120-22-10-16-28-126(120)102-61-99(123-25-13-7-19-117(123)87-33-45-93(46-34-87)133-55-83(3)129(78-139-133)105-67-111(147)73-112(148)68-105)58-100(62-102)124-26-14-8-20-118(124)88-35-47-94(48-36-88)134-56-84(4)130(79-140-134)106-69-113(149)74-114(150)70-106/h5-80,143-150H,1-4H3. The molecule has 150 heavy (non-hydrogen) atoms. The number of pyridine rings is 4. The normalized spacial score (nSPS) is 11.3. The third kappa shape index (κ3) is 19.2. The molecule has 23 rings (SSSR count). The van der Waals surface area contributed by atoms with E-state index in [1.165, 1.54) is 24.3 Å². The fraction of sp³-hybridized carbons (Fsp3) is 0.0294. The zero-order valence-electron chi connectivity index (χ0n) is 82.1. The summed E-state index contributed by atoms with van der Waals surface area (Å²) in [6, 6.07) is 145. The van der Waals surface area contributed by atoms with Gasteiger partial charge in [-0.15, -0.1) is 0 Å². The lowest BCUT2D eigenvalue weighted by Crippen LogP contribution is -1.93. The number of phenolic OH excluding ortho intramolecular Hbond substituents is 8. The van der Waals surface area contributed by atoms with Crippen LogP contribution in [0, 0.1) is 27.7 Å². The first-order valence-corrected chi connectivity index (χ1v) is 49.5. The van der Waals surface area contributed by atoms with Crippen LogP contribution in [0.3, 0.4) is 0 Å². The van der Waals surface area contributed by atoms with Crippen LogP contribution in [-0.4, -0.2) is 70.8 Å². The molecule has 8 N–H and O–H groups in total. The molecular weight excluding hydrogens is 1850 g/mol. The van der Waals surface area contributed by atoms with Crippen molar-refractivity contribution in [1.29, 1.82) is 0 Å². The van der Waals surface area contributed by atoms with Crippen LogP contribution in [0.5, 0.6) is 46.0 Å². The Hall–Kier alpha value is -20.0. The van der Waals surface area contributed by atoms with Gasteiger partial charge in [-0.05, 0) is 321 Å². The zero-order valence-corrected chi connectivity index (χ0v) is 82.1. The molecule has 14 heteroatoms. The van der Waals surface area contributed by atoms with Gasteiger partial charge < -0.3 is 40.9 Å². The van der Waals surface area contributed by atoms with E-state index in [0.717, 1.165) is 246 Å². The highest BCUT2D eigenvalue weighted by Crippen LogP contribution is 2.49. The molecule has 23 aromatic rings. The van der Waals surface area contributed by atoms with Crippen molar-refractivity contribution in [1.82, 2.24) is 29.9 Å². The van der Waals surface area contributed by atoms with E-state index in [1.54, 1.807) is 79.6 Å². The molecule has 0 unspecified atom stereocenters. The SMILES string of the molecule is Cc1cc(-c2ccc(-c3ccccc3-c3cc(-c4ccccc4-c4ccc(-c5cc(-c6ccc(-c7ccccc7-c7cc(-c8ccccc8-c8ccc(-c9cc(C)c(-c%10cc(O)cc(O)c%10)cn9)cc8)cc(-c8ccccc8-c8ccc(-c9cc(C)c(-c%10cc(O)cc(O)c%10)cn9)cc8)c7)cc6)ncn5)cc4)cc(-c4ccccc4-c4ccc(-c5cc(C)c(-c6cc(O)cc(O)c6)cn5)cc4)c3)cc2)ncc1-c1cc(O)cc(O)c1. The van der Waals surface area contributed by atoms with Gasteiger partial charge in [0.2, 0.25) is 0 Å².